The van der Waals surface area contributed by atoms with E-state index in [0.717, 1.165) is 22.4 Å². The van der Waals surface area contributed by atoms with E-state index in [1.165, 1.54) is 17.6 Å². The summed E-state index contributed by atoms with van der Waals surface area (Å²) in [5.41, 5.74) is 2.70. The van der Waals surface area contributed by atoms with E-state index in [4.69, 9.17) is 4.42 Å². The van der Waals surface area contributed by atoms with E-state index in [-0.39, 0.29) is 17.6 Å². The van der Waals surface area contributed by atoms with Crippen LogP contribution in [-0.2, 0) is 6.42 Å². The molecule has 0 spiro atoms. The quantitative estimate of drug-likeness (QED) is 0.464. The zero-order valence-electron chi connectivity index (χ0n) is 15.1. The number of anilines is 1. The summed E-state index contributed by atoms with van der Waals surface area (Å²) < 4.78 is 5.07. The number of aromatic nitrogens is 2. The summed E-state index contributed by atoms with van der Waals surface area (Å²) in [5.74, 6) is 0.541. The molecule has 0 saturated heterocycles. The van der Waals surface area contributed by atoms with Crippen LogP contribution in [0.1, 0.15) is 31.6 Å². The normalized spacial score (nSPS) is 10.9. The second-order valence-electron chi connectivity index (χ2n) is 6.26. The molecule has 0 radical (unpaired) electrons. The zero-order chi connectivity index (χ0) is 19.5. The lowest BCUT2D eigenvalue weighted by Crippen LogP contribution is -2.25. The Balaban J connectivity index is 1.35. The second kappa shape index (κ2) is 7.69. The first kappa shape index (κ1) is 18.0. The van der Waals surface area contributed by atoms with Gasteiger partial charge in [0.15, 0.2) is 5.76 Å². The lowest BCUT2D eigenvalue weighted by molar-refractivity contribution is 0.0956. The monoisotopic (exact) mass is 394 g/mol. The van der Waals surface area contributed by atoms with Crippen molar-refractivity contribution in [3.63, 3.8) is 0 Å². The van der Waals surface area contributed by atoms with Crippen LogP contribution < -0.4 is 10.6 Å². The van der Waals surface area contributed by atoms with Gasteiger partial charge < -0.3 is 20.0 Å². The van der Waals surface area contributed by atoms with Crippen molar-refractivity contribution < 1.29 is 14.0 Å². The molecule has 0 atom stereocenters. The number of H-pyrrole nitrogens is 1. The lowest BCUT2D eigenvalue weighted by atomic mass is 10.2. The van der Waals surface area contributed by atoms with Gasteiger partial charge in [0.1, 0.15) is 5.82 Å². The summed E-state index contributed by atoms with van der Waals surface area (Å²) in [6, 6.07) is 12.8. The number of carbonyl (C=O) groups excluding carboxylic acids is 2. The van der Waals surface area contributed by atoms with E-state index in [9.17, 15) is 9.59 Å². The molecule has 0 aliphatic heterocycles. The summed E-state index contributed by atoms with van der Waals surface area (Å²) in [7, 11) is 0. The fraction of sp³-hybridized carbons (Fsp3) is 0.150. The number of carbonyl (C=O) groups is 2. The molecule has 0 unspecified atom stereocenters. The van der Waals surface area contributed by atoms with Crippen LogP contribution in [0.25, 0.3) is 11.0 Å². The molecule has 0 fully saturated rings. The van der Waals surface area contributed by atoms with Gasteiger partial charge in [-0.05, 0) is 42.8 Å². The van der Waals surface area contributed by atoms with Crippen molar-refractivity contribution in [1.82, 2.24) is 15.3 Å². The molecule has 3 N–H and O–H groups in total. The maximum Gasteiger partial charge on any atom is 0.291 e. The van der Waals surface area contributed by atoms with Crippen LogP contribution in [0.4, 0.5) is 5.00 Å². The number of benzene rings is 1. The number of aryl methyl sites for hydroxylation is 1. The van der Waals surface area contributed by atoms with Crippen LogP contribution in [0.15, 0.2) is 53.1 Å². The maximum atomic E-state index is 12.5. The SMILES string of the molecule is Cc1cc(NC(=O)c2ccco2)sc1C(=O)NCCc1nc2ccccc2[nH]1. The third kappa shape index (κ3) is 3.81. The Morgan fingerprint density at radius 1 is 1.18 bits per heavy atom. The van der Waals surface area contributed by atoms with Crippen molar-refractivity contribution >= 4 is 39.2 Å². The smallest absolute Gasteiger partial charge is 0.291 e. The number of aromatic amines is 1. The first-order valence-electron chi connectivity index (χ1n) is 8.77. The van der Waals surface area contributed by atoms with Gasteiger partial charge in [-0.15, -0.1) is 11.3 Å². The molecule has 4 aromatic rings. The summed E-state index contributed by atoms with van der Waals surface area (Å²) in [5, 5.41) is 6.25. The number of nitrogens with zero attached hydrogens (tertiary/aromatic N) is 1. The van der Waals surface area contributed by atoms with Gasteiger partial charge in [-0.25, -0.2) is 4.98 Å². The third-order valence-corrected chi connectivity index (χ3v) is 5.34. The number of hydrogen-bond donors (Lipinski definition) is 3. The van der Waals surface area contributed by atoms with Crippen molar-refractivity contribution in [2.45, 2.75) is 13.3 Å². The zero-order valence-corrected chi connectivity index (χ0v) is 15.9. The van der Waals surface area contributed by atoms with Crippen LogP contribution >= 0.6 is 11.3 Å². The standard InChI is InChI=1S/C20H18N4O3S/c1-12-11-17(24-19(25)15-7-4-10-27-15)28-18(12)20(26)21-9-8-16-22-13-5-2-3-6-14(13)23-16/h2-7,10-11H,8-9H2,1H3,(H,21,26)(H,22,23)(H,24,25). The highest BCUT2D eigenvalue weighted by molar-refractivity contribution is 7.18. The number of furan rings is 1. The van der Waals surface area contributed by atoms with Gasteiger partial charge in [-0.2, -0.15) is 0 Å². The van der Waals surface area contributed by atoms with Crippen LogP contribution in [0.2, 0.25) is 0 Å². The van der Waals surface area contributed by atoms with Crippen LogP contribution in [0, 0.1) is 6.92 Å². The van der Waals surface area contributed by atoms with E-state index in [2.05, 4.69) is 20.6 Å². The minimum atomic E-state index is -0.344. The predicted molar refractivity (Wildman–Crippen MR) is 108 cm³/mol. The largest absolute Gasteiger partial charge is 0.459 e. The van der Waals surface area contributed by atoms with E-state index < -0.39 is 0 Å². The molecule has 28 heavy (non-hydrogen) atoms. The van der Waals surface area contributed by atoms with Gasteiger partial charge in [0.05, 0.1) is 27.2 Å². The third-order valence-electron chi connectivity index (χ3n) is 4.19. The van der Waals surface area contributed by atoms with E-state index >= 15 is 0 Å². The molecule has 7 nitrogen and oxygen atoms in total. The molecule has 142 valence electrons. The van der Waals surface area contributed by atoms with Gasteiger partial charge in [0.2, 0.25) is 0 Å². The Bertz CT molecular complexity index is 1090. The molecule has 0 saturated carbocycles. The van der Waals surface area contributed by atoms with E-state index in [1.54, 1.807) is 18.2 Å². The minimum absolute atomic E-state index is 0.169. The van der Waals surface area contributed by atoms with Gasteiger partial charge in [0, 0.05) is 13.0 Å². The Kier molecular flexibility index (Phi) is 4.94. The van der Waals surface area contributed by atoms with Gasteiger partial charge in [-0.3, -0.25) is 9.59 Å². The molecule has 4 rings (SSSR count). The van der Waals surface area contributed by atoms with Gasteiger partial charge >= 0.3 is 0 Å². The number of fused-ring (bicyclic) bond motifs is 1. The van der Waals surface area contributed by atoms with Crippen molar-refractivity contribution in [3.8, 4) is 0 Å². The molecule has 2 amide bonds. The highest BCUT2D eigenvalue weighted by atomic mass is 32.1. The molecule has 1 aromatic carbocycles. The minimum Gasteiger partial charge on any atom is -0.459 e. The fourth-order valence-corrected chi connectivity index (χ4v) is 3.83. The molecular formula is C20H18N4O3S. The summed E-state index contributed by atoms with van der Waals surface area (Å²) in [4.78, 5) is 32.9. The van der Waals surface area contributed by atoms with E-state index in [0.29, 0.717) is 22.8 Å². The summed E-state index contributed by atoms with van der Waals surface area (Å²) >= 11 is 1.23. The number of thiophene rings is 1. The highest BCUT2D eigenvalue weighted by Gasteiger charge is 2.16. The summed E-state index contributed by atoms with van der Waals surface area (Å²) in [6.07, 6.45) is 2.04. The second-order valence-corrected chi connectivity index (χ2v) is 7.31. The lowest BCUT2D eigenvalue weighted by Gasteiger charge is -2.03. The van der Waals surface area contributed by atoms with Gasteiger partial charge in [-0.1, -0.05) is 12.1 Å². The van der Waals surface area contributed by atoms with Crippen LogP contribution in [0.3, 0.4) is 0 Å². The molecule has 0 aliphatic carbocycles. The van der Waals surface area contributed by atoms with Crippen molar-refractivity contribution in [3.05, 3.63) is 70.8 Å². The number of rotatable bonds is 6. The Morgan fingerprint density at radius 3 is 2.82 bits per heavy atom. The number of imidazole rings is 1. The topological polar surface area (TPSA) is 100 Å². The number of para-hydroxylation sites is 2. The average molecular weight is 394 g/mol. The summed E-state index contributed by atoms with van der Waals surface area (Å²) in [6.45, 7) is 2.30. The molecule has 0 bridgehead atoms. The number of amides is 2. The Labute approximate surface area is 164 Å². The van der Waals surface area contributed by atoms with Crippen molar-refractivity contribution in [1.29, 1.82) is 0 Å². The van der Waals surface area contributed by atoms with E-state index in [1.807, 2.05) is 31.2 Å². The van der Waals surface area contributed by atoms with Crippen LogP contribution in [0.5, 0.6) is 0 Å². The Morgan fingerprint density at radius 2 is 2.04 bits per heavy atom. The number of nitrogens with one attached hydrogen (secondary N) is 3. The van der Waals surface area contributed by atoms with Crippen LogP contribution in [-0.4, -0.2) is 28.3 Å². The fourth-order valence-electron chi connectivity index (χ4n) is 2.85. The molecule has 0 aliphatic rings. The highest BCUT2D eigenvalue weighted by Crippen LogP contribution is 2.27. The Hall–Kier alpha value is -3.39. The molecule has 8 heteroatoms. The average Bonchev–Trinajstić information content (AvgIpc) is 3.40. The number of hydrogen-bond acceptors (Lipinski definition) is 5. The van der Waals surface area contributed by atoms with Crippen molar-refractivity contribution in [2.75, 3.05) is 11.9 Å². The molecule has 3 aromatic heterocycles. The first-order chi connectivity index (χ1) is 13.6. The van der Waals surface area contributed by atoms with Crippen molar-refractivity contribution in [2.24, 2.45) is 0 Å². The first-order valence-corrected chi connectivity index (χ1v) is 9.59. The molecular weight excluding hydrogens is 376 g/mol. The van der Waals surface area contributed by atoms with Gasteiger partial charge in [0.25, 0.3) is 11.8 Å². The predicted octanol–water partition coefficient (Wildman–Crippen LogP) is 3.75. The molecule has 3 heterocycles. The maximum absolute atomic E-state index is 12.5.